The van der Waals surface area contributed by atoms with Gasteiger partial charge in [-0.2, -0.15) is 9.60 Å². The number of halogens is 3. The van der Waals surface area contributed by atoms with E-state index >= 15 is 0 Å². The molecule has 2 N–H and O–H groups in total. The number of H-pyrrole nitrogens is 2. The van der Waals surface area contributed by atoms with Crippen LogP contribution in [0.1, 0.15) is 41.4 Å². The van der Waals surface area contributed by atoms with Gasteiger partial charge in [0.05, 0.1) is 15.9 Å². The smallest absolute Gasteiger partial charge is 0.240 e. The lowest BCUT2D eigenvalue weighted by atomic mass is 9.87. The first-order valence-electron chi connectivity index (χ1n) is 10.9. The number of tetrazole rings is 1. The highest BCUT2D eigenvalue weighted by atomic mass is 35.5. The summed E-state index contributed by atoms with van der Waals surface area (Å²) in [6, 6.07) is 17.7. The minimum absolute atomic E-state index is 0.314. The van der Waals surface area contributed by atoms with Gasteiger partial charge in [-0.05, 0) is 75.4 Å². The fourth-order valence-electron chi connectivity index (χ4n) is 4.06. The number of hydrogen-bond donors (Lipinski definition) is 2. The largest absolute Gasteiger partial charge is 0.275 e. The maximum Gasteiger partial charge on any atom is 0.240 e. The third-order valence-electron chi connectivity index (χ3n) is 5.70. The number of hydrogen-bond acceptors (Lipinski definition) is 4. The minimum Gasteiger partial charge on any atom is -0.275 e. The van der Waals surface area contributed by atoms with Crippen molar-refractivity contribution in [3.8, 4) is 0 Å². The molecule has 5 rings (SSSR count). The van der Waals surface area contributed by atoms with Gasteiger partial charge in [0.2, 0.25) is 5.95 Å². The van der Waals surface area contributed by atoms with Gasteiger partial charge in [-0.3, -0.25) is 5.10 Å². The molecular formula is C26H19ClF2N6. The lowest BCUT2D eigenvalue weighted by Gasteiger charge is -2.18. The predicted octanol–water partition coefficient (Wildman–Crippen LogP) is 6.55. The van der Waals surface area contributed by atoms with E-state index in [2.05, 4.69) is 30.8 Å². The maximum atomic E-state index is 14.3. The summed E-state index contributed by atoms with van der Waals surface area (Å²) in [5.74, 6) is -0.499. The van der Waals surface area contributed by atoms with Gasteiger partial charge in [0, 0.05) is 0 Å². The van der Waals surface area contributed by atoms with E-state index in [0.29, 0.717) is 28.2 Å². The third-order valence-corrected chi connectivity index (χ3v) is 6.02. The highest BCUT2D eigenvalue weighted by Crippen LogP contribution is 2.38. The summed E-state index contributed by atoms with van der Waals surface area (Å²) >= 11 is 6.46. The molecule has 0 aliphatic heterocycles. The Hall–Kier alpha value is -4.17. The van der Waals surface area contributed by atoms with Crippen molar-refractivity contribution in [2.75, 3.05) is 0 Å². The Balaban J connectivity index is 1.67. The van der Waals surface area contributed by atoms with Crippen LogP contribution in [0.15, 0.2) is 60.7 Å². The average Bonchev–Trinajstić information content (AvgIpc) is 3.52. The van der Waals surface area contributed by atoms with Crippen molar-refractivity contribution in [3.63, 3.8) is 0 Å². The Morgan fingerprint density at radius 1 is 0.943 bits per heavy atom. The molecule has 0 fully saturated rings. The van der Waals surface area contributed by atoms with Crippen LogP contribution in [0.2, 0.25) is 5.02 Å². The standard InChI is InChI=1S/C26H19ClF2N6/c1-2-19(20-10-9-18(28)14-22(20)27)25(17-8-11-23-21(13-17)26(29)33-30-23)16-6-3-15(4-7-16)5-12-24-31-34-35-32-24/h3-14H,2H2,1H3,(H,30,33)(H,31,32,34,35). The van der Waals surface area contributed by atoms with Crippen LogP contribution in [0.25, 0.3) is 34.2 Å². The predicted molar refractivity (Wildman–Crippen MR) is 133 cm³/mol. The Morgan fingerprint density at radius 3 is 2.46 bits per heavy atom. The molecule has 0 aliphatic carbocycles. The Morgan fingerprint density at radius 2 is 1.74 bits per heavy atom. The Kier molecular flexibility index (Phi) is 6.20. The van der Waals surface area contributed by atoms with E-state index in [1.807, 2.05) is 43.3 Å². The highest BCUT2D eigenvalue weighted by Gasteiger charge is 2.17. The van der Waals surface area contributed by atoms with Gasteiger partial charge in [-0.1, -0.05) is 61.0 Å². The monoisotopic (exact) mass is 488 g/mol. The van der Waals surface area contributed by atoms with E-state index in [1.165, 1.54) is 12.1 Å². The first-order chi connectivity index (χ1) is 17.0. The summed E-state index contributed by atoms with van der Waals surface area (Å²) in [5, 5.41) is 20.8. The van der Waals surface area contributed by atoms with Crippen LogP contribution in [-0.2, 0) is 0 Å². The van der Waals surface area contributed by atoms with Gasteiger partial charge < -0.3 is 0 Å². The summed E-state index contributed by atoms with van der Waals surface area (Å²) in [4.78, 5) is 0. The van der Waals surface area contributed by atoms with Crippen LogP contribution in [0.5, 0.6) is 0 Å². The van der Waals surface area contributed by atoms with E-state index in [0.717, 1.165) is 33.4 Å². The molecule has 5 aromatic rings. The third kappa shape index (κ3) is 4.61. The average molecular weight is 489 g/mol. The Bertz CT molecular complexity index is 1550. The van der Waals surface area contributed by atoms with E-state index in [-0.39, 0.29) is 0 Å². The van der Waals surface area contributed by atoms with Crippen LogP contribution >= 0.6 is 11.6 Å². The quantitative estimate of drug-likeness (QED) is 0.265. The molecule has 0 atom stereocenters. The number of aromatic nitrogens is 6. The molecule has 0 bridgehead atoms. The van der Waals surface area contributed by atoms with Crippen LogP contribution < -0.4 is 0 Å². The summed E-state index contributed by atoms with van der Waals surface area (Å²) in [7, 11) is 0. The molecule has 0 saturated heterocycles. The van der Waals surface area contributed by atoms with Crippen LogP contribution in [0.3, 0.4) is 0 Å². The van der Waals surface area contributed by atoms with Crippen LogP contribution in [0, 0.1) is 11.8 Å². The molecule has 6 nitrogen and oxygen atoms in total. The van der Waals surface area contributed by atoms with Gasteiger partial charge in [0.25, 0.3) is 0 Å². The van der Waals surface area contributed by atoms with Crippen LogP contribution in [0.4, 0.5) is 8.78 Å². The van der Waals surface area contributed by atoms with E-state index in [1.54, 1.807) is 24.3 Å². The van der Waals surface area contributed by atoms with Crippen molar-refractivity contribution >= 4 is 45.8 Å². The topological polar surface area (TPSA) is 83.1 Å². The van der Waals surface area contributed by atoms with Gasteiger partial charge in [-0.15, -0.1) is 15.3 Å². The lowest BCUT2D eigenvalue weighted by molar-refractivity contribution is 0.588. The number of allylic oxidation sites excluding steroid dienone is 1. The first-order valence-corrected chi connectivity index (χ1v) is 11.3. The lowest BCUT2D eigenvalue weighted by Crippen LogP contribution is -1.97. The summed E-state index contributed by atoms with van der Waals surface area (Å²) in [6.45, 7) is 2.01. The second-order valence-corrected chi connectivity index (χ2v) is 8.24. The number of rotatable bonds is 6. The molecule has 9 heteroatoms. The van der Waals surface area contributed by atoms with E-state index in [4.69, 9.17) is 11.6 Å². The fraction of sp³-hybridized carbons (Fsp3) is 0.0769. The molecular weight excluding hydrogens is 470 g/mol. The summed E-state index contributed by atoms with van der Waals surface area (Å²) < 4.78 is 28.1. The maximum absolute atomic E-state index is 14.3. The van der Waals surface area contributed by atoms with Crippen molar-refractivity contribution in [3.05, 3.63) is 106 Å². The van der Waals surface area contributed by atoms with Crippen molar-refractivity contribution < 1.29 is 8.78 Å². The molecule has 3 aromatic carbocycles. The molecule has 0 aliphatic rings. The summed E-state index contributed by atoms with van der Waals surface area (Å²) in [6.07, 6.45) is 4.25. The molecule has 2 heterocycles. The number of nitrogens with zero attached hydrogens (tertiary/aromatic N) is 4. The molecule has 0 spiro atoms. The highest BCUT2D eigenvalue weighted by molar-refractivity contribution is 6.32. The summed E-state index contributed by atoms with van der Waals surface area (Å²) in [5.41, 5.74) is 5.75. The second-order valence-electron chi connectivity index (χ2n) is 7.83. The zero-order chi connectivity index (χ0) is 24.4. The SMILES string of the molecule is CCC(=C(c1ccc(C=Cc2nn[nH]n2)cc1)c1ccc2[nH]nc(F)c2c1)c1ccc(F)cc1Cl. The van der Waals surface area contributed by atoms with Crippen molar-refractivity contribution in [2.45, 2.75) is 13.3 Å². The second kappa shape index (κ2) is 9.60. The fourth-order valence-corrected chi connectivity index (χ4v) is 4.34. The van der Waals surface area contributed by atoms with Gasteiger partial charge in [0.15, 0.2) is 5.82 Å². The van der Waals surface area contributed by atoms with Gasteiger partial charge >= 0.3 is 0 Å². The molecule has 0 saturated carbocycles. The molecule has 0 radical (unpaired) electrons. The van der Waals surface area contributed by atoms with E-state index < -0.39 is 11.8 Å². The van der Waals surface area contributed by atoms with Gasteiger partial charge in [0.1, 0.15) is 5.82 Å². The Labute approximate surface area is 204 Å². The zero-order valence-corrected chi connectivity index (χ0v) is 19.3. The zero-order valence-electron chi connectivity index (χ0n) is 18.6. The minimum atomic E-state index is -0.569. The molecule has 0 amide bonds. The number of nitrogens with one attached hydrogen (secondary N) is 2. The van der Waals surface area contributed by atoms with Crippen LogP contribution in [-0.4, -0.2) is 30.8 Å². The molecule has 0 unspecified atom stereocenters. The number of benzene rings is 3. The molecule has 2 aromatic heterocycles. The number of fused-ring (bicyclic) bond motifs is 1. The normalized spacial score (nSPS) is 12.5. The van der Waals surface area contributed by atoms with Crippen molar-refractivity contribution in [1.82, 2.24) is 30.8 Å². The van der Waals surface area contributed by atoms with Crippen molar-refractivity contribution in [1.29, 1.82) is 0 Å². The van der Waals surface area contributed by atoms with Crippen molar-refractivity contribution in [2.24, 2.45) is 0 Å². The number of aromatic amines is 2. The van der Waals surface area contributed by atoms with E-state index in [9.17, 15) is 8.78 Å². The van der Waals surface area contributed by atoms with Gasteiger partial charge in [-0.25, -0.2) is 4.39 Å². The first kappa shape index (κ1) is 22.6. The molecule has 35 heavy (non-hydrogen) atoms. The molecule has 174 valence electrons.